The molecule has 0 radical (unpaired) electrons. The molecule has 37 heavy (non-hydrogen) atoms. The van der Waals surface area contributed by atoms with Crippen molar-refractivity contribution < 1.29 is 24.2 Å². The summed E-state index contributed by atoms with van der Waals surface area (Å²) in [6.45, 7) is 0.238. The van der Waals surface area contributed by atoms with E-state index in [-0.39, 0.29) is 17.9 Å². The minimum atomic E-state index is -0.851. The summed E-state index contributed by atoms with van der Waals surface area (Å²) in [7, 11) is 1.29. The quantitative estimate of drug-likeness (QED) is 0.158. The summed E-state index contributed by atoms with van der Waals surface area (Å²) in [5, 5.41) is 12.6. The van der Waals surface area contributed by atoms with Crippen molar-refractivity contribution in [3.05, 3.63) is 112 Å². The Hall–Kier alpha value is -4.36. The van der Waals surface area contributed by atoms with E-state index in [9.17, 15) is 19.5 Å². The van der Waals surface area contributed by atoms with Crippen LogP contribution in [0.5, 0.6) is 0 Å². The molecule has 0 aliphatic carbocycles. The number of ether oxygens (including phenoxy) is 1. The highest BCUT2D eigenvalue weighted by Crippen LogP contribution is 2.40. The van der Waals surface area contributed by atoms with Crippen molar-refractivity contribution in [2.75, 3.05) is 13.7 Å². The van der Waals surface area contributed by atoms with Crippen molar-refractivity contribution in [2.45, 2.75) is 12.5 Å². The predicted octanol–water partition coefficient (Wildman–Crippen LogP) is 5.27. The average molecular weight is 515 g/mol. The number of esters is 1. The van der Waals surface area contributed by atoms with Gasteiger partial charge in [0.25, 0.3) is 11.7 Å². The van der Waals surface area contributed by atoms with Crippen LogP contribution in [0.2, 0.25) is 5.02 Å². The van der Waals surface area contributed by atoms with Crippen LogP contribution in [0.3, 0.4) is 0 Å². The van der Waals surface area contributed by atoms with Gasteiger partial charge in [0.05, 0.1) is 24.3 Å². The lowest BCUT2D eigenvalue weighted by Crippen LogP contribution is -2.31. The molecule has 1 aliphatic rings. The first kappa shape index (κ1) is 24.3. The number of ketones is 1. The summed E-state index contributed by atoms with van der Waals surface area (Å²) < 4.78 is 4.78. The molecule has 1 fully saturated rings. The molecule has 1 saturated heterocycles. The number of aromatic nitrogens is 1. The molecule has 186 valence electrons. The van der Waals surface area contributed by atoms with Gasteiger partial charge in [-0.2, -0.15) is 0 Å². The van der Waals surface area contributed by atoms with E-state index >= 15 is 0 Å². The molecular weight excluding hydrogens is 492 g/mol. The number of hydrogen-bond donors (Lipinski definition) is 2. The number of carbonyl (C=O) groups excluding carboxylic acids is 3. The fraction of sp³-hybridized carbons (Fsp3) is 0.138. The lowest BCUT2D eigenvalue weighted by molar-refractivity contribution is -0.139. The standard InChI is InChI=1S/C29H23ClN2O5/c1-37-29(36)18-11-9-17(10-12-18)25-24(26(33)19-5-4-6-21(30)15-19)27(34)28(35)32(25)14-13-20-16-31-23-8-3-2-7-22(20)23/h2-12,15-16,25,31,33H,13-14H2,1H3. The lowest BCUT2D eigenvalue weighted by atomic mass is 9.94. The Morgan fingerprint density at radius 3 is 2.51 bits per heavy atom. The molecule has 8 heteroatoms. The predicted molar refractivity (Wildman–Crippen MR) is 140 cm³/mol. The Labute approximate surface area is 217 Å². The van der Waals surface area contributed by atoms with E-state index in [0.717, 1.165) is 16.5 Å². The number of nitrogens with one attached hydrogen (secondary N) is 1. The summed E-state index contributed by atoms with van der Waals surface area (Å²) in [4.78, 5) is 43.2. The smallest absolute Gasteiger partial charge is 0.337 e. The number of methoxy groups -OCH3 is 1. The number of aromatic amines is 1. The van der Waals surface area contributed by atoms with Gasteiger partial charge in [0.1, 0.15) is 5.76 Å². The molecule has 3 aromatic carbocycles. The van der Waals surface area contributed by atoms with Gasteiger partial charge in [-0.25, -0.2) is 4.79 Å². The zero-order chi connectivity index (χ0) is 26.1. The topological polar surface area (TPSA) is 99.7 Å². The molecule has 0 saturated carbocycles. The second-order valence-corrected chi connectivity index (χ2v) is 9.16. The first-order valence-electron chi connectivity index (χ1n) is 11.7. The maximum atomic E-state index is 13.3. The van der Waals surface area contributed by atoms with E-state index < -0.39 is 23.7 Å². The summed E-state index contributed by atoms with van der Waals surface area (Å²) >= 11 is 6.12. The zero-order valence-electron chi connectivity index (χ0n) is 19.9. The highest BCUT2D eigenvalue weighted by atomic mass is 35.5. The molecule has 0 bridgehead atoms. The molecular formula is C29H23ClN2O5. The summed E-state index contributed by atoms with van der Waals surface area (Å²) in [6.07, 6.45) is 2.39. The number of benzene rings is 3. The van der Waals surface area contributed by atoms with Crippen LogP contribution in [0.4, 0.5) is 0 Å². The number of nitrogens with zero attached hydrogens (tertiary/aromatic N) is 1. The second-order valence-electron chi connectivity index (χ2n) is 8.73. The second kappa shape index (κ2) is 9.95. The van der Waals surface area contributed by atoms with Gasteiger partial charge in [-0.3, -0.25) is 9.59 Å². The van der Waals surface area contributed by atoms with Crippen LogP contribution in [0.15, 0.2) is 84.6 Å². The van der Waals surface area contributed by atoms with Gasteiger partial charge in [-0.05, 0) is 47.9 Å². The van der Waals surface area contributed by atoms with Gasteiger partial charge < -0.3 is 19.7 Å². The van der Waals surface area contributed by atoms with Crippen molar-refractivity contribution in [1.29, 1.82) is 0 Å². The van der Waals surface area contributed by atoms with E-state index in [1.165, 1.54) is 18.1 Å². The number of rotatable bonds is 6. The van der Waals surface area contributed by atoms with Gasteiger partial charge >= 0.3 is 5.97 Å². The van der Waals surface area contributed by atoms with E-state index in [4.69, 9.17) is 16.3 Å². The number of halogens is 1. The number of hydrogen-bond acceptors (Lipinski definition) is 5. The van der Waals surface area contributed by atoms with Crippen LogP contribution in [0, 0.1) is 0 Å². The largest absolute Gasteiger partial charge is 0.507 e. The molecule has 4 aromatic rings. The summed E-state index contributed by atoms with van der Waals surface area (Å²) in [5.41, 5.74) is 3.20. The molecule has 2 heterocycles. The number of amides is 1. The van der Waals surface area contributed by atoms with Crippen molar-refractivity contribution in [1.82, 2.24) is 9.88 Å². The van der Waals surface area contributed by atoms with Crippen molar-refractivity contribution in [2.24, 2.45) is 0 Å². The third kappa shape index (κ3) is 4.49. The third-order valence-electron chi connectivity index (χ3n) is 6.58. The number of aliphatic hydroxyl groups is 1. The normalized spacial score (nSPS) is 16.9. The molecule has 1 unspecified atom stereocenters. The molecule has 7 nitrogen and oxygen atoms in total. The number of Topliss-reactive ketones (excluding diaryl/α,β-unsaturated/α-hetero) is 1. The minimum absolute atomic E-state index is 0.0305. The molecule has 2 N–H and O–H groups in total. The first-order valence-corrected chi connectivity index (χ1v) is 12.0. The number of H-pyrrole nitrogens is 1. The Bertz CT molecular complexity index is 1550. The van der Waals surface area contributed by atoms with Gasteiger partial charge in [-0.15, -0.1) is 0 Å². The van der Waals surface area contributed by atoms with Crippen molar-refractivity contribution in [3.8, 4) is 0 Å². The van der Waals surface area contributed by atoms with Gasteiger partial charge in [0.2, 0.25) is 0 Å². The van der Waals surface area contributed by atoms with E-state index in [1.54, 1.807) is 42.5 Å². The number of aliphatic hydroxyl groups excluding tert-OH is 1. The molecule has 0 spiro atoms. The molecule has 5 rings (SSSR count). The van der Waals surface area contributed by atoms with Gasteiger partial charge in [0, 0.05) is 34.2 Å². The fourth-order valence-electron chi connectivity index (χ4n) is 4.75. The maximum Gasteiger partial charge on any atom is 0.337 e. The zero-order valence-corrected chi connectivity index (χ0v) is 20.7. The number of fused-ring (bicyclic) bond motifs is 1. The summed E-state index contributed by atoms with van der Waals surface area (Å²) in [6, 6.07) is 19.9. The Balaban J connectivity index is 1.57. The monoisotopic (exact) mass is 514 g/mol. The lowest BCUT2D eigenvalue weighted by Gasteiger charge is -2.25. The van der Waals surface area contributed by atoms with Crippen LogP contribution in [-0.4, -0.2) is 46.3 Å². The third-order valence-corrected chi connectivity index (χ3v) is 6.82. The number of para-hydroxylation sites is 1. The molecule has 1 aromatic heterocycles. The highest BCUT2D eigenvalue weighted by Gasteiger charge is 2.46. The molecule has 1 amide bonds. The van der Waals surface area contributed by atoms with Crippen molar-refractivity contribution in [3.63, 3.8) is 0 Å². The Morgan fingerprint density at radius 1 is 1.03 bits per heavy atom. The first-order chi connectivity index (χ1) is 17.9. The van der Waals surface area contributed by atoms with E-state index in [1.807, 2.05) is 30.5 Å². The fourth-order valence-corrected chi connectivity index (χ4v) is 4.94. The SMILES string of the molecule is COC(=O)c1ccc(C2C(=C(O)c3cccc(Cl)c3)C(=O)C(=O)N2CCc2c[nH]c3ccccc23)cc1. The van der Waals surface area contributed by atoms with Crippen LogP contribution >= 0.6 is 11.6 Å². The summed E-state index contributed by atoms with van der Waals surface area (Å²) in [5.74, 6) is -2.29. The maximum absolute atomic E-state index is 13.3. The van der Waals surface area contributed by atoms with E-state index in [0.29, 0.717) is 28.1 Å². The number of likely N-dealkylation sites (tertiary alicyclic amines) is 1. The number of carbonyl (C=O) groups is 3. The Morgan fingerprint density at radius 2 is 1.78 bits per heavy atom. The average Bonchev–Trinajstić information content (AvgIpc) is 3.44. The van der Waals surface area contributed by atoms with Crippen molar-refractivity contribution >= 4 is 45.9 Å². The Kier molecular flexibility index (Phi) is 6.54. The van der Waals surface area contributed by atoms with Crippen LogP contribution < -0.4 is 0 Å². The minimum Gasteiger partial charge on any atom is -0.507 e. The molecule has 1 aliphatic heterocycles. The van der Waals surface area contributed by atoms with Crippen LogP contribution in [-0.2, 0) is 20.7 Å². The van der Waals surface area contributed by atoms with Crippen LogP contribution in [0.1, 0.15) is 33.1 Å². The highest BCUT2D eigenvalue weighted by molar-refractivity contribution is 6.46. The molecule has 1 atom stereocenters. The van der Waals surface area contributed by atoms with Gasteiger partial charge in [-0.1, -0.05) is 54.1 Å². The van der Waals surface area contributed by atoms with E-state index in [2.05, 4.69) is 4.98 Å². The van der Waals surface area contributed by atoms with Crippen LogP contribution in [0.25, 0.3) is 16.7 Å². The van der Waals surface area contributed by atoms with Gasteiger partial charge in [0.15, 0.2) is 0 Å².